The molecule has 2 saturated heterocycles. The lowest BCUT2D eigenvalue weighted by Crippen LogP contribution is -2.33. The number of H-pyrrole nitrogens is 1. The van der Waals surface area contributed by atoms with Crippen molar-refractivity contribution in [3.63, 3.8) is 0 Å². The van der Waals surface area contributed by atoms with Gasteiger partial charge >= 0.3 is 13.5 Å². The third-order valence-electron chi connectivity index (χ3n) is 3.01. The average Bonchev–Trinajstić information content (AvgIpc) is 2.69. The molecule has 0 amide bonds. The molecule has 1 unspecified atom stereocenters. The quantitative estimate of drug-likeness (QED) is 0.659. The van der Waals surface area contributed by atoms with Gasteiger partial charge in [-0.05, 0) is 0 Å². The minimum Gasteiger partial charge on any atom is -0.349 e. The SMILES string of the molecule is O=c1ccn([C@H]2C[C@@H]3OP(=O)(O)OC[C@H]3O2)c(=O)[nH]1. The lowest BCUT2D eigenvalue weighted by Gasteiger charge is -2.26. The highest BCUT2D eigenvalue weighted by Gasteiger charge is 2.46. The summed E-state index contributed by atoms with van der Waals surface area (Å²) in [4.78, 5) is 33.9. The van der Waals surface area contributed by atoms with Gasteiger partial charge in [0.2, 0.25) is 0 Å². The van der Waals surface area contributed by atoms with Crippen LogP contribution >= 0.6 is 7.82 Å². The Hall–Kier alpha value is -1.25. The van der Waals surface area contributed by atoms with Crippen molar-refractivity contribution in [1.82, 2.24) is 9.55 Å². The highest BCUT2D eigenvalue weighted by Crippen LogP contribution is 2.52. The maximum Gasteiger partial charge on any atom is 0.472 e. The van der Waals surface area contributed by atoms with Crippen LogP contribution in [-0.2, 0) is 18.3 Å². The van der Waals surface area contributed by atoms with Gasteiger partial charge in [-0.1, -0.05) is 0 Å². The molecular formula is C9H11N2O7P. The van der Waals surface area contributed by atoms with Crippen molar-refractivity contribution in [3.8, 4) is 0 Å². The fourth-order valence-electron chi connectivity index (χ4n) is 2.16. The molecule has 2 N–H and O–H groups in total. The Morgan fingerprint density at radius 1 is 1.42 bits per heavy atom. The number of aromatic amines is 1. The van der Waals surface area contributed by atoms with E-state index in [9.17, 15) is 19.0 Å². The molecule has 2 fully saturated rings. The summed E-state index contributed by atoms with van der Waals surface area (Å²) < 4.78 is 27.5. The van der Waals surface area contributed by atoms with Crippen LogP contribution in [0.15, 0.2) is 21.9 Å². The molecule has 4 atom stereocenters. The van der Waals surface area contributed by atoms with E-state index in [0.29, 0.717) is 0 Å². The Kier molecular flexibility index (Phi) is 2.95. The zero-order chi connectivity index (χ0) is 13.6. The van der Waals surface area contributed by atoms with Gasteiger partial charge in [0.1, 0.15) is 18.4 Å². The van der Waals surface area contributed by atoms with E-state index in [1.807, 2.05) is 0 Å². The molecule has 0 aromatic carbocycles. The number of ether oxygens (including phenoxy) is 1. The summed E-state index contributed by atoms with van der Waals surface area (Å²) in [6, 6.07) is 1.20. The second-order valence-electron chi connectivity index (χ2n) is 4.29. The number of rotatable bonds is 1. The van der Waals surface area contributed by atoms with E-state index < -0.39 is 37.5 Å². The predicted molar refractivity (Wildman–Crippen MR) is 60.5 cm³/mol. The molecule has 104 valence electrons. The topological polar surface area (TPSA) is 120 Å². The summed E-state index contributed by atoms with van der Waals surface area (Å²) in [7, 11) is -4.02. The molecule has 3 heterocycles. The molecule has 3 rings (SSSR count). The molecule has 19 heavy (non-hydrogen) atoms. The zero-order valence-electron chi connectivity index (χ0n) is 9.59. The normalized spacial score (nSPS) is 38.1. The van der Waals surface area contributed by atoms with Gasteiger partial charge in [-0.3, -0.25) is 23.4 Å². The van der Waals surface area contributed by atoms with Crippen LogP contribution in [0.1, 0.15) is 12.6 Å². The van der Waals surface area contributed by atoms with Crippen molar-refractivity contribution in [3.05, 3.63) is 33.1 Å². The lowest BCUT2D eigenvalue weighted by atomic mass is 10.2. The number of nitrogens with zero attached hydrogens (tertiary/aromatic N) is 1. The number of nitrogens with one attached hydrogen (secondary N) is 1. The van der Waals surface area contributed by atoms with Crippen molar-refractivity contribution < 1.29 is 23.2 Å². The molecular weight excluding hydrogens is 279 g/mol. The average molecular weight is 290 g/mol. The molecule has 2 aliphatic heterocycles. The molecule has 0 spiro atoms. The van der Waals surface area contributed by atoms with E-state index in [0.717, 1.165) is 0 Å². The van der Waals surface area contributed by atoms with Gasteiger partial charge in [-0.15, -0.1) is 0 Å². The van der Waals surface area contributed by atoms with Gasteiger partial charge in [0.05, 0.1) is 6.61 Å². The number of phosphoric acid groups is 1. The van der Waals surface area contributed by atoms with Crippen LogP contribution in [-0.4, -0.2) is 33.3 Å². The summed E-state index contributed by atoms with van der Waals surface area (Å²) in [5.74, 6) is 0. The van der Waals surface area contributed by atoms with E-state index in [4.69, 9.17) is 9.26 Å². The third kappa shape index (κ3) is 2.43. The fourth-order valence-corrected chi connectivity index (χ4v) is 3.12. The van der Waals surface area contributed by atoms with Crippen molar-refractivity contribution in [2.75, 3.05) is 6.61 Å². The van der Waals surface area contributed by atoms with E-state index in [1.165, 1.54) is 16.8 Å². The van der Waals surface area contributed by atoms with Crippen LogP contribution in [0.4, 0.5) is 0 Å². The van der Waals surface area contributed by atoms with Crippen LogP contribution in [0.5, 0.6) is 0 Å². The van der Waals surface area contributed by atoms with Crippen molar-refractivity contribution in [2.24, 2.45) is 0 Å². The first-order valence-electron chi connectivity index (χ1n) is 5.57. The molecule has 10 heteroatoms. The largest absolute Gasteiger partial charge is 0.472 e. The second-order valence-corrected chi connectivity index (χ2v) is 5.70. The molecule has 0 bridgehead atoms. The molecule has 1 aromatic rings. The smallest absolute Gasteiger partial charge is 0.349 e. The Bertz CT molecular complexity index is 652. The molecule has 1 aromatic heterocycles. The zero-order valence-corrected chi connectivity index (χ0v) is 10.5. The van der Waals surface area contributed by atoms with Crippen molar-refractivity contribution >= 4 is 7.82 Å². The van der Waals surface area contributed by atoms with Gasteiger partial charge in [0, 0.05) is 18.7 Å². The first-order valence-corrected chi connectivity index (χ1v) is 7.07. The highest BCUT2D eigenvalue weighted by molar-refractivity contribution is 7.47. The van der Waals surface area contributed by atoms with E-state index >= 15 is 0 Å². The van der Waals surface area contributed by atoms with Gasteiger partial charge < -0.3 is 9.63 Å². The fraction of sp³-hybridized carbons (Fsp3) is 0.556. The monoisotopic (exact) mass is 290 g/mol. The maximum atomic E-state index is 11.6. The number of hydrogen-bond acceptors (Lipinski definition) is 6. The molecule has 0 saturated carbocycles. The lowest BCUT2D eigenvalue weighted by molar-refractivity contribution is -0.0679. The van der Waals surface area contributed by atoms with Crippen LogP contribution in [0.3, 0.4) is 0 Å². The van der Waals surface area contributed by atoms with Crippen molar-refractivity contribution in [2.45, 2.75) is 24.9 Å². The van der Waals surface area contributed by atoms with Crippen LogP contribution in [0, 0.1) is 0 Å². The Balaban J connectivity index is 1.84. The van der Waals surface area contributed by atoms with E-state index in [1.54, 1.807) is 0 Å². The number of aromatic nitrogens is 2. The van der Waals surface area contributed by atoms with E-state index in [-0.39, 0.29) is 13.0 Å². The Morgan fingerprint density at radius 2 is 2.21 bits per heavy atom. The van der Waals surface area contributed by atoms with E-state index in [2.05, 4.69) is 9.51 Å². The summed E-state index contributed by atoms with van der Waals surface area (Å²) in [6.45, 7) is -0.0763. The molecule has 0 aliphatic carbocycles. The van der Waals surface area contributed by atoms with Crippen LogP contribution in [0.25, 0.3) is 0 Å². The molecule has 9 nitrogen and oxygen atoms in total. The highest BCUT2D eigenvalue weighted by atomic mass is 31.2. The maximum absolute atomic E-state index is 11.6. The summed E-state index contributed by atoms with van der Waals surface area (Å²) in [5.41, 5.74) is -1.11. The number of hydrogen-bond donors (Lipinski definition) is 2. The first-order chi connectivity index (χ1) is 8.94. The molecule has 0 radical (unpaired) electrons. The standard InChI is InChI=1S/C9H11N2O7P/c12-7-1-2-11(9(13)10-7)8-3-5-6(17-8)4-16-19(14,15)18-5/h1-2,5-6,8H,3-4H2,(H,14,15)(H,10,12,13)/t5-,6+,8+/m0/s1. The first kappa shape index (κ1) is 12.8. The predicted octanol–water partition coefficient (Wildman–Crippen LogP) is -0.660. The Morgan fingerprint density at radius 3 is 2.95 bits per heavy atom. The molecule has 2 aliphatic rings. The van der Waals surface area contributed by atoms with Crippen LogP contribution < -0.4 is 11.2 Å². The minimum atomic E-state index is -4.02. The van der Waals surface area contributed by atoms with Gasteiger partial charge in [-0.25, -0.2) is 9.36 Å². The van der Waals surface area contributed by atoms with Crippen molar-refractivity contribution in [1.29, 1.82) is 0 Å². The summed E-state index contributed by atoms with van der Waals surface area (Å²) >= 11 is 0. The van der Waals surface area contributed by atoms with Gasteiger partial charge in [-0.2, -0.15) is 0 Å². The second kappa shape index (κ2) is 4.39. The number of fused-ring (bicyclic) bond motifs is 1. The van der Waals surface area contributed by atoms with Gasteiger partial charge in [0.15, 0.2) is 0 Å². The third-order valence-corrected chi connectivity index (χ3v) is 4.03. The summed E-state index contributed by atoms with van der Waals surface area (Å²) in [5, 5.41) is 0. The van der Waals surface area contributed by atoms with Crippen LogP contribution in [0.2, 0.25) is 0 Å². The summed E-state index contributed by atoms with van der Waals surface area (Å²) in [6.07, 6.45) is -0.264. The van der Waals surface area contributed by atoms with Gasteiger partial charge in [0.25, 0.3) is 5.56 Å². The number of phosphoric ester groups is 1. The minimum absolute atomic E-state index is 0.0763. The Labute approximate surface area is 106 Å².